The van der Waals surface area contributed by atoms with Crippen molar-refractivity contribution in [2.75, 3.05) is 26.8 Å². The Morgan fingerprint density at radius 1 is 0.796 bits per heavy atom. The van der Waals surface area contributed by atoms with E-state index in [0.29, 0.717) is 47.9 Å². The summed E-state index contributed by atoms with van der Waals surface area (Å²) in [5, 5.41) is 64.2. The number of primary amides is 1. The number of methoxy groups -OCH3 is 1. The van der Waals surface area contributed by atoms with Crippen LogP contribution in [0.3, 0.4) is 0 Å². The summed E-state index contributed by atoms with van der Waals surface area (Å²) in [5.74, 6) is -7.46. The molecule has 6 amide bonds. The number of unbranched alkanes of at least 4 members (excludes halogenated alkanes) is 2. The van der Waals surface area contributed by atoms with Crippen LogP contribution in [-0.2, 0) is 85.0 Å². The molecule has 0 bridgehead atoms. The number of urea groups is 1. The summed E-state index contributed by atoms with van der Waals surface area (Å²) in [7, 11) is 1.29. The van der Waals surface area contributed by atoms with Gasteiger partial charge in [-0.05, 0) is 66.8 Å². The number of carbonyl (C=O) groups excluding carboxylic acids is 11. The van der Waals surface area contributed by atoms with E-state index in [4.69, 9.17) is 29.4 Å². The van der Waals surface area contributed by atoms with Crippen molar-refractivity contribution in [3.05, 3.63) is 135 Å². The van der Waals surface area contributed by atoms with Crippen LogP contribution in [0.2, 0.25) is 0 Å². The van der Waals surface area contributed by atoms with Crippen LogP contribution in [0.15, 0.2) is 78.9 Å². The highest BCUT2D eigenvalue weighted by atomic mass is 16.7. The first-order chi connectivity index (χ1) is 44.3. The van der Waals surface area contributed by atoms with Crippen molar-refractivity contribution in [2.45, 2.75) is 153 Å². The first-order valence-corrected chi connectivity index (χ1v) is 30.7. The Labute approximate surface area is 535 Å². The van der Waals surface area contributed by atoms with Crippen molar-refractivity contribution in [3.63, 3.8) is 0 Å². The van der Waals surface area contributed by atoms with Crippen molar-refractivity contribution in [2.24, 2.45) is 17.6 Å². The number of fused-ring (bicyclic) bond motifs is 3. The molecule has 0 aromatic heterocycles. The molecule has 2 heterocycles. The third-order valence-corrected chi connectivity index (χ3v) is 17.1. The Balaban J connectivity index is 0.803. The minimum atomic E-state index is -2.41. The van der Waals surface area contributed by atoms with Gasteiger partial charge in [-0.25, -0.2) is 9.59 Å². The summed E-state index contributed by atoms with van der Waals surface area (Å²) in [4.78, 5) is 144. The van der Waals surface area contributed by atoms with Crippen molar-refractivity contribution < 1.29 is 102 Å². The number of alkyl carbamates (subject to hydrolysis) is 1. The zero-order chi connectivity index (χ0) is 67.4. The van der Waals surface area contributed by atoms with E-state index < -0.39 is 132 Å². The lowest BCUT2D eigenvalue weighted by atomic mass is 9.72. The molecule has 26 nitrogen and oxygen atoms in total. The lowest BCUT2D eigenvalue weighted by molar-refractivity contribution is -0.249. The van der Waals surface area contributed by atoms with Crippen molar-refractivity contribution in [1.82, 2.24) is 20.9 Å². The van der Waals surface area contributed by atoms with Crippen molar-refractivity contribution >= 4 is 64.7 Å². The molecule has 0 saturated carbocycles. The summed E-state index contributed by atoms with van der Waals surface area (Å²) >= 11 is 0. The third-order valence-electron chi connectivity index (χ3n) is 17.1. The van der Waals surface area contributed by atoms with Gasteiger partial charge in [-0.15, -0.1) is 0 Å². The highest BCUT2D eigenvalue weighted by molar-refractivity contribution is 6.31. The molecule has 8 rings (SSSR count). The summed E-state index contributed by atoms with van der Waals surface area (Å²) < 4.78 is 28.6. The maximum Gasteiger partial charge on any atom is 0.407 e. The number of ether oxygens (including phenoxy) is 5. The van der Waals surface area contributed by atoms with E-state index >= 15 is 0 Å². The van der Waals surface area contributed by atoms with Gasteiger partial charge >= 0.3 is 18.1 Å². The van der Waals surface area contributed by atoms with Crippen LogP contribution in [-0.4, -0.2) is 158 Å². The molecule has 10 N–H and O–H groups in total. The highest BCUT2D eigenvalue weighted by Gasteiger charge is 2.51. The molecule has 0 spiro atoms. The number of aliphatic hydroxyl groups is 3. The Bertz CT molecular complexity index is 3550. The summed E-state index contributed by atoms with van der Waals surface area (Å²) in [6.07, 6.45) is -3.21. The number of rotatable bonds is 30. The van der Waals surface area contributed by atoms with Gasteiger partial charge in [0.2, 0.25) is 11.7 Å². The monoisotopic (exact) mass is 1290 g/mol. The topological polar surface area (TPSA) is 400 Å². The fourth-order valence-electron chi connectivity index (χ4n) is 11.9. The van der Waals surface area contributed by atoms with E-state index in [2.05, 4.69) is 16.0 Å². The number of phenols is 2. The molecule has 8 atom stereocenters. The number of amides is 6. The molecule has 2 aliphatic heterocycles. The molecule has 4 aliphatic rings. The molecular formula is C67H77N5O21. The first kappa shape index (κ1) is 69.7. The number of nitrogens with one attached hydrogen (secondary N) is 3. The number of Topliss-reactive ketones (excluding diaryl/α,β-unsaturated/α-hetero) is 3. The number of aromatic hydroxyl groups is 2. The molecule has 1 unspecified atom stereocenters. The van der Waals surface area contributed by atoms with Gasteiger partial charge in [0.1, 0.15) is 54.6 Å². The number of aliphatic hydroxyl groups excluding tert-OH is 2. The predicted octanol–water partition coefficient (Wildman–Crippen LogP) is 4.02. The maximum absolute atomic E-state index is 14.1. The number of nitrogens with two attached hydrogens (primary N) is 1. The summed E-state index contributed by atoms with van der Waals surface area (Å²) in [6, 6.07) is 14.8. The first-order valence-electron chi connectivity index (χ1n) is 30.7. The number of ketones is 5. The summed E-state index contributed by atoms with van der Waals surface area (Å²) in [5.41, 5.74) is 3.20. The number of hydrogen-bond acceptors (Lipinski definition) is 21. The van der Waals surface area contributed by atoms with E-state index in [1.165, 1.54) is 44.4 Å². The van der Waals surface area contributed by atoms with Crippen molar-refractivity contribution in [3.8, 4) is 17.2 Å². The lowest BCUT2D eigenvalue weighted by Crippen LogP contribution is -2.56. The van der Waals surface area contributed by atoms with E-state index in [9.17, 15) is 78.3 Å². The SMILES string of the molecule is COc1cccc2c1C(=O)c1c(O)c3c(c(O)c1C2=O)C[C@@](O)(C(=O)CO)CC3O[C@H]1C[C@@H](NC(=O)OCc2ccc(CC(=O)OCc3ccc(CC(=O)[C@H](CCCNC(N)=O)NC(=O)[C@@H](CC(=O)CCCCCN4C(=O)C=CC4=O)C(C)C)cc3)cc2)[C@H](O)[C@@H](C)O1. The highest BCUT2D eigenvalue weighted by Crippen LogP contribution is 2.52. The molecule has 4 aromatic rings. The molecule has 2 aliphatic carbocycles. The quantitative estimate of drug-likeness (QED) is 0.0136. The third kappa shape index (κ3) is 16.9. The van der Waals surface area contributed by atoms with Gasteiger partial charge in [-0.1, -0.05) is 80.9 Å². The molecule has 0 radical (unpaired) electrons. The second-order valence-electron chi connectivity index (χ2n) is 24.0. The maximum atomic E-state index is 14.1. The molecule has 1 saturated heterocycles. The predicted molar refractivity (Wildman–Crippen MR) is 327 cm³/mol. The Kier molecular flexibility index (Phi) is 23.2. The Morgan fingerprint density at radius 2 is 1.43 bits per heavy atom. The van der Waals surface area contributed by atoms with Crippen LogP contribution < -0.4 is 26.4 Å². The van der Waals surface area contributed by atoms with Crippen LogP contribution in [0.5, 0.6) is 17.2 Å². The van der Waals surface area contributed by atoms with Crippen LogP contribution in [0.25, 0.3) is 0 Å². The smallest absolute Gasteiger partial charge is 0.407 e. The van der Waals surface area contributed by atoms with Crippen LogP contribution >= 0.6 is 0 Å². The van der Waals surface area contributed by atoms with Gasteiger partial charge in [0, 0.05) is 86.4 Å². The molecule has 26 heteroatoms. The van der Waals surface area contributed by atoms with Gasteiger partial charge in [0.15, 0.2) is 23.6 Å². The fourth-order valence-corrected chi connectivity index (χ4v) is 11.9. The Morgan fingerprint density at radius 3 is 2.06 bits per heavy atom. The molecule has 1 fully saturated rings. The fraction of sp³-hybridized carbons (Fsp3) is 0.448. The number of carbonyl (C=O) groups is 11. The van der Waals surface area contributed by atoms with Crippen LogP contribution in [0.4, 0.5) is 9.59 Å². The minimum Gasteiger partial charge on any atom is -0.507 e. The zero-order valence-corrected chi connectivity index (χ0v) is 51.9. The normalized spacial score (nSPS) is 20.4. The average Bonchev–Trinajstić information content (AvgIpc) is 0.917. The van der Waals surface area contributed by atoms with Gasteiger partial charge in [0.25, 0.3) is 11.8 Å². The second kappa shape index (κ2) is 30.9. The molecular weight excluding hydrogens is 1210 g/mol. The number of hydrogen-bond donors (Lipinski definition) is 9. The largest absolute Gasteiger partial charge is 0.507 e. The average molecular weight is 1290 g/mol. The van der Waals surface area contributed by atoms with Gasteiger partial charge in [-0.2, -0.15) is 0 Å². The van der Waals surface area contributed by atoms with Gasteiger partial charge < -0.3 is 70.9 Å². The second-order valence-corrected chi connectivity index (χ2v) is 24.0. The number of benzene rings is 4. The molecule has 4 aromatic carbocycles. The van der Waals surface area contributed by atoms with Gasteiger partial charge in [0.05, 0.1) is 54.5 Å². The lowest BCUT2D eigenvalue weighted by Gasteiger charge is -2.42. The van der Waals surface area contributed by atoms with Gasteiger partial charge in [-0.3, -0.25) is 48.1 Å². The standard InChI is InChI=1S/C67H77N5O21/c1-35(2)43(28-41(74)10-6-5-7-25-72-51(77)22-23-52(72)78)64(85)70-45(12-9-24-69-65(68)86)47(75)26-37-14-18-39(19-15-37)33-90-53(79)27-38-16-20-40(21-17-38)34-91-66(87)71-46-29-54(92-36(3)59(46)80)93-49-31-67(88,50(76)32-73)30-44-56(49)63(84)58-57(61(44)82)60(81)42-11-8-13-48(89-4)55(42)62(58)83/h8,11,13-23,35-36,43,45-46,49,54,59,73,80,82,84,88H,5-7,9-10,12,24-34H2,1-4H3,(H,70,85)(H,71,87)(H3,68,69,86)/t36-,43+,45+,46-,49?,54+,59-,67+/m1/s1. The van der Waals surface area contributed by atoms with Crippen LogP contribution in [0, 0.1) is 11.8 Å². The number of nitrogens with zero attached hydrogens (tertiary/aromatic N) is 1. The minimum absolute atomic E-state index is 0.0253. The van der Waals surface area contributed by atoms with E-state index in [-0.39, 0.29) is 122 Å². The van der Waals surface area contributed by atoms with E-state index in [0.717, 1.165) is 4.90 Å². The van der Waals surface area contributed by atoms with Crippen molar-refractivity contribution in [1.29, 1.82) is 0 Å². The molecule has 496 valence electrons. The van der Waals surface area contributed by atoms with E-state index in [1.807, 2.05) is 13.8 Å². The number of esters is 1. The molecule has 93 heavy (non-hydrogen) atoms. The Hall–Kier alpha value is -9.21. The number of phenolic OH excluding ortho intramolecular Hbond substituents is 2. The zero-order valence-electron chi connectivity index (χ0n) is 51.9. The van der Waals surface area contributed by atoms with E-state index in [1.54, 1.807) is 48.5 Å². The van der Waals surface area contributed by atoms with Crippen LogP contribution in [0.1, 0.15) is 150 Å². The number of imide groups is 1. The summed E-state index contributed by atoms with van der Waals surface area (Å²) in [6.45, 7) is 4.07.